The standard InChI is InChI=1S/C20H13F2N3/c21-18-2-1-3-19(22)17(18)8-11-25-20-12-15(4-5-16(20)13-24-25)14-6-9-23-10-7-14/h1-13H. The quantitative estimate of drug-likeness (QED) is 0.528. The molecule has 0 radical (unpaired) electrons. The van der Waals surface area contributed by atoms with Crippen molar-refractivity contribution in [2.45, 2.75) is 0 Å². The lowest BCUT2D eigenvalue weighted by Gasteiger charge is -2.03. The van der Waals surface area contributed by atoms with Crippen molar-refractivity contribution in [1.82, 2.24) is 14.8 Å². The molecular weight excluding hydrogens is 320 g/mol. The number of fused-ring (bicyclic) bond motifs is 1. The summed E-state index contributed by atoms with van der Waals surface area (Å²) in [5.41, 5.74) is 2.81. The zero-order valence-corrected chi connectivity index (χ0v) is 13.1. The molecule has 2 heterocycles. The van der Waals surface area contributed by atoms with Gasteiger partial charge in [-0.05, 0) is 47.5 Å². The minimum absolute atomic E-state index is 0.0866. The molecule has 4 aromatic rings. The van der Waals surface area contributed by atoms with Gasteiger partial charge in [-0.1, -0.05) is 18.2 Å². The average Bonchev–Trinajstić information content (AvgIpc) is 3.04. The number of halogens is 2. The first-order valence-electron chi connectivity index (χ1n) is 7.72. The molecule has 0 spiro atoms. The molecule has 0 unspecified atom stereocenters. The van der Waals surface area contributed by atoms with Crippen molar-refractivity contribution in [3.63, 3.8) is 0 Å². The zero-order chi connectivity index (χ0) is 17.2. The van der Waals surface area contributed by atoms with Crippen LogP contribution in [0.3, 0.4) is 0 Å². The van der Waals surface area contributed by atoms with Gasteiger partial charge in [0.05, 0.1) is 11.7 Å². The maximum atomic E-state index is 13.8. The third-order valence-electron chi connectivity index (χ3n) is 3.99. The first kappa shape index (κ1) is 15.2. The van der Waals surface area contributed by atoms with Crippen molar-refractivity contribution >= 4 is 23.2 Å². The van der Waals surface area contributed by atoms with Crippen molar-refractivity contribution < 1.29 is 8.78 Å². The van der Waals surface area contributed by atoms with E-state index in [1.165, 1.54) is 24.3 Å². The molecule has 0 fully saturated rings. The second kappa shape index (κ2) is 6.28. The van der Waals surface area contributed by atoms with Crippen LogP contribution < -0.4 is 0 Å². The predicted octanol–water partition coefficient (Wildman–Crippen LogP) is 5.00. The molecule has 122 valence electrons. The molecule has 0 saturated carbocycles. The van der Waals surface area contributed by atoms with Gasteiger partial charge in [0.1, 0.15) is 11.6 Å². The van der Waals surface area contributed by atoms with Crippen LogP contribution in [0.4, 0.5) is 8.78 Å². The molecule has 0 amide bonds. The summed E-state index contributed by atoms with van der Waals surface area (Å²) in [6, 6.07) is 13.6. The second-order valence-corrected chi connectivity index (χ2v) is 5.55. The van der Waals surface area contributed by atoms with Gasteiger partial charge < -0.3 is 0 Å². The number of hydrogen-bond acceptors (Lipinski definition) is 2. The maximum Gasteiger partial charge on any atom is 0.133 e. The smallest absolute Gasteiger partial charge is 0.133 e. The topological polar surface area (TPSA) is 30.7 Å². The van der Waals surface area contributed by atoms with Crippen LogP contribution in [0.5, 0.6) is 0 Å². The highest BCUT2D eigenvalue weighted by molar-refractivity contribution is 5.86. The molecule has 0 aliphatic rings. The third kappa shape index (κ3) is 2.92. The molecule has 0 aliphatic heterocycles. The van der Waals surface area contributed by atoms with Gasteiger partial charge >= 0.3 is 0 Å². The van der Waals surface area contributed by atoms with Crippen molar-refractivity contribution in [2.75, 3.05) is 0 Å². The number of nitrogens with zero attached hydrogens (tertiary/aromatic N) is 3. The normalized spacial score (nSPS) is 11.4. The van der Waals surface area contributed by atoms with Gasteiger partial charge in [0.15, 0.2) is 0 Å². The minimum Gasteiger partial charge on any atom is -0.265 e. The lowest BCUT2D eigenvalue weighted by atomic mass is 10.1. The van der Waals surface area contributed by atoms with E-state index in [0.717, 1.165) is 22.0 Å². The van der Waals surface area contributed by atoms with Gasteiger partial charge in [-0.15, -0.1) is 0 Å². The summed E-state index contributed by atoms with van der Waals surface area (Å²) in [6.07, 6.45) is 8.12. The van der Waals surface area contributed by atoms with E-state index in [0.29, 0.717) is 0 Å². The van der Waals surface area contributed by atoms with E-state index in [-0.39, 0.29) is 5.56 Å². The van der Waals surface area contributed by atoms with Crippen LogP contribution in [0.1, 0.15) is 5.56 Å². The summed E-state index contributed by atoms with van der Waals surface area (Å²) in [4.78, 5) is 4.02. The fraction of sp³-hybridized carbons (Fsp3) is 0. The van der Waals surface area contributed by atoms with Crippen LogP contribution in [0.25, 0.3) is 34.3 Å². The Morgan fingerprint density at radius 3 is 2.40 bits per heavy atom. The van der Waals surface area contributed by atoms with Crippen LogP contribution in [-0.2, 0) is 0 Å². The van der Waals surface area contributed by atoms with Gasteiger partial charge in [0.2, 0.25) is 0 Å². The van der Waals surface area contributed by atoms with E-state index in [9.17, 15) is 8.78 Å². The Labute approximate surface area is 142 Å². The Kier molecular flexibility index (Phi) is 3.82. The van der Waals surface area contributed by atoms with Crippen molar-refractivity contribution in [1.29, 1.82) is 0 Å². The minimum atomic E-state index is -0.606. The van der Waals surface area contributed by atoms with Gasteiger partial charge in [0.25, 0.3) is 0 Å². The molecule has 25 heavy (non-hydrogen) atoms. The van der Waals surface area contributed by atoms with Crippen molar-refractivity contribution in [3.05, 3.63) is 84.3 Å². The summed E-state index contributed by atoms with van der Waals surface area (Å²) >= 11 is 0. The molecule has 0 bridgehead atoms. The molecule has 0 atom stereocenters. The molecule has 3 nitrogen and oxygen atoms in total. The number of benzene rings is 2. The largest absolute Gasteiger partial charge is 0.265 e. The predicted molar refractivity (Wildman–Crippen MR) is 94.5 cm³/mol. The lowest BCUT2D eigenvalue weighted by Crippen LogP contribution is -1.91. The lowest BCUT2D eigenvalue weighted by molar-refractivity contribution is 0.579. The highest BCUT2D eigenvalue weighted by Crippen LogP contribution is 2.24. The van der Waals surface area contributed by atoms with Gasteiger partial charge in [0, 0.05) is 29.5 Å². The number of pyridine rings is 1. The van der Waals surface area contributed by atoms with E-state index in [2.05, 4.69) is 10.1 Å². The van der Waals surface area contributed by atoms with Gasteiger partial charge in [-0.25, -0.2) is 13.5 Å². The maximum absolute atomic E-state index is 13.8. The molecule has 0 N–H and O–H groups in total. The molecule has 5 heteroatoms. The monoisotopic (exact) mass is 333 g/mol. The number of aromatic nitrogens is 3. The number of hydrogen-bond donors (Lipinski definition) is 0. The van der Waals surface area contributed by atoms with E-state index in [1.54, 1.807) is 29.5 Å². The Bertz CT molecular complexity index is 1050. The Morgan fingerprint density at radius 2 is 1.64 bits per heavy atom. The molecule has 0 saturated heterocycles. The van der Waals surface area contributed by atoms with Crippen LogP contribution in [0.2, 0.25) is 0 Å². The number of rotatable bonds is 3. The van der Waals surface area contributed by atoms with E-state index >= 15 is 0 Å². The van der Waals surface area contributed by atoms with Crippen LogP contribution in [0.15, 0.2) is 67.1 Å². The summed E-state index contributed by atoms with van der Waals surface area (Å²) in [7, 11) is 0. The molecule has 0 aliphatic carbocycles. The molecular formula is C20H13F2N3. The van der Waals surface area contributed by atoms with Crippen molar-refractivity contribution in [3.8, 4) is 11.1 Å². The summed E-state index contributed by atoms with van der Waals surface area (Å²) in [6.45, 7) is 0. The SMILES string of the molecule is Fc1cccc(F)c1C=Cn1ncc2ccc(-c3ccncc3)cc21. The Balaban J connectivity index is 1.77. The molecule has 4 rings (SSSR count). The highest BCUT2D eigenvalue weighted by atomic mass is 19.1. The van der Waals surface area contributed by atoms with Gasteiger partial charge in [-0.2, -0.15) is 5.10 Å². The molecule has 2 aromatic heterocycles. The summed E-state index contributed by atoms with van der Waals surface area (Å²) < 4.78 is 29.1. The first-order chi connectivity index (χ1) is 12.2. The average molecular weight is 333 g/mol. The van der Waals surface area contributed by atoms with E-state index in [1.807, 2.05) is 30.3 Å². The van der Waals surface area contributed by atoms with Crippen LogP contribution in [0, 0.1) is 11.6 Å². The Hall–Kier alpha value is -3.34. The van der Waals surface area contributed by atoms with Crippen LogP contribution >= 0.6 is 0 Å². The van der Waals surface area contributed by atoms with E-state index in [4.69, 9.17) is 0 Å². The highest BCUT2D eigenvalue weighted by Gasteiger charge is 2.06. The Morgan fingerprint density at radius 1 is 0.880 bits per heavy atom. The fourth-order valence-electron chi connectivity index (χ4n) is 2.70. The molecule has 2 aromatic carbocycles. The fourth-order valence-corrected chi connectivity index (χ4v) is 2.70. The van der Waals surface area contributed by atoms with Crippen LogP contribution in [-0.4, -0.2) is 14.8 Å². The van der Waals surface area contributed by atoms with E-state index < -0.39 is 11.6 Å². The third-order valence-corrected chi connectivity index (χ3v) is 3.99. The second-order valence-electron chi connectivity index (χ2n) is 5.55. The zero-order valence-electron chi connectivity index (χ0n) is 13.1. The first-order valence-corrected chi connectivity index (χ1v) is 7.72. The summed E-state index contributed by atoms with van der Waals surface area (Å²) in [5, 5.41) is 5.22. The summed E-state index contributed by atoms with van der Waals surface area (Å²) in [5.74, 6) is -1.21. The van der Waals surface area contributed by atoms with Crippen molar-refractivity contribution in [2.24, 2.45) is 0 Å². The van der Waals surface area contributed by atoms with Gasteiger partial charge in [-0.3, -0.25) is 4.98 Å².